The molecule has 0 amide bonds. The Hall–Kier alpha value is -1.97. The largest absolute Gasteiger partial charge is 0.587 e. The number of ether oxygens (including phenoxy) is 5. The second-order valence-electron chi connectivity index (χ2n) is 9.26. The average Bonchev–Trinajstić information content (AvgIpc) is 3.27. The molecule has 3 fully saturated rings. The summed E-state index contributed by atoms with van der Waals surface area (Å²) in [4.78, 5) is 0. The summed E-state index contributed by atoms with van der Waals surface area (Å²) in [6, 6.07) is 17.4. The van der Waals surface area contributed by atoms with Crippen molar-refractivity contribution in [3.05, 3.63) is 60.7 Å². The zero-order chi connectivity index (χ0) is 24.0. The third-order valence-corrected chi connectivity index (χ3v) is 6.90. The predicted octanol–water partition coefficient (Wildman–Crippen LogP) is 4.67. The number of para-hydroxylation sites is 2. The zero-order valence-electron chi connectivity index (χ0n) is 19.5. The lowest BCUT2D eigenvalue weighted by Gasteiger charge is -2.37. The maximum absolute atomic E-state index is 13.7. The van der Waals surface area contributed by atoms with Crippen LogP contribution in [0.15, 0.2) is 60.7 Å². The summed E-state index contributed by atoms with van der Waals surface area (Å²) in [5.74, 6) is -0.999. The van der Waals surface area contributed by atoms with E-state index in [1.54, 1.807) is 48.5 Å². The van der Waals surface area contributed by atoms with Crippen molar-refractivity contribution in [3.63, 3.8) is 0 Å². The first-order chi connectivity index (χ1) is 16.1. The monoisotopic (exact) mass is 492 g/mol. The van der Waals surface area contributed by atoms with Crippen molar-refractivity contribution in [1.82, 2.24) is 0 Å². The van der Waals surface area contributed by atoms with Gasteiger partial charge in [-0.15, -0.1) is 0 Å². The normalized spacial score (nSPS) is 31.5. The van der Waals surface area contributed by atoms with Crippen LogP contribution in [0.1, 0.15) is 27.7 Å². The maximum Gasteiger partial charge on any atom is 0.587 e. The van der Waals surface area contributed by atoms with Crippen molar-refractivity contribution in [1.29, 1.82) is 0 Å². The Bertz CT molecular complexity index is 984. The summed E-state index contributed by atoms with van der Waals surface area (Å²) in [6.07, 6.45) is -2.81. The first-order valence-corrected chi connectivity index (χ1v) is 12.7. The van der Waals surface area contributed by atoms with Crippen molar-refractivity contribution in [2.45, 2.75) is 70.0 Å². The average molecular weight is 492 g/mol. The lowest BCUT2D eigenvalue weighted by molar-refractivity contribution is -0.239. The molecule has 0 bridgehead atoms. The summed E-state index contributed by atoms with van der Waals surface area (Å²) in [7, 11) is -4.10. The fraction of sp³-hybridized carbons (Fsp3) is 0.500. The summed E-state index contributed by atoms with van der Waals surface area (Å²) in [6.45, 7) is 7.12. The Balaban J connectivity index is 1.36. The van der Waals surface area contributed by atoms with Crippen LogP contribution >= 0.6 is 7.82 Å². The summed E-state index contributed by atoms with van der Waals surface area (Å²) in [5.41, 5.74) is 0. The van der Waals surface area contributed by atoms with Crippen molar-refractivity contribution in [2.75, 3.05) is 6.61 Å². The fourth-order valence-corrected chi connectivity index (χ4v) is 5.52. The molecule has 0 radical (unpaired) electrons. The number of hydrogen-bond acceptors (Lipinski definition) is 9. The van der Waals surface area contributed by atoms with Gasteiger partial charge in [0.25, 0.3) is 0 Å². The number of rotatable bonds is 7. The highest BCUT2D eigenvalue weighted by Gasteiger charge is 2.61. The lowest BCUT2D eigenvalue weighted by Crippen LogP contribution is -2.56. The molecule has 0 unspecified atom stereocenters. The van der Waals surface area contributed by atoms with E-state index in [-0.39, 0.29) is 6.61 Å². The molecule has 0 saturated carbocycles. The van der Waals surface area contributed by atoms with Crippen molar-refractivity contribution in [3.8, 4) is 11.5 Å². The summed E-state index contributed by atoms with van der Waals surface area (Å²) >= 11 is 0. The molecule has 34 heavy (non-hydrogen) atoms. The molecular weight excluding hydrogens is 463 g/mol. The molecule has 5 atom stereocenters. The van der Waals surface area contributed by atoms with Gasteiger partial charge < -0.3 is 32.7 Å². The topological polar surface area (TPSA) is 90.9 Å². The van der Waals surface area contributed by atoms with E-state index in [4.69, 9.17) is 37.3 Å². The van der Waals surface area contributed by atoms with Gasteiger partial charge >= 0.3 is 7.82 Å². The van der Waals surface area contributed by atoms with Gasteiger partial charge in [0.1, 0.15) is 35.9 Å². The fourth-order valence-electron chi connectivity index (χ4n) is 4.28. The molecule has 3 saturated heterocycles. The second kappa shape index (κ2) is 8.91. The van der Waals surface area contributed by atoms with Gasteiger partial charge in [-0.2, -0.15) is 0 Å². The van der Waals surface area contributed by atoms with Crippen molar-refractivity contribution in [2.24, 2.45) is 0 Å². The molecule has 0 spiro atoms. The quantitative estimate of drug-likeness (QED) is 0.512. The molecule has 10 heteroatoms. The van der Waals surface area contributed by atoms with Gasteiger partial charge in [-0.05, 0) is 52.0 Å². The van der Waals surface area contributed by atoms with Gasteiger partial charge in [0.15, 0.2) is 17.9 Å². The third-order valence-electron chi connectivity index (χ3n) is 5.57. The van der Waals surface area contributed by atoms with Crippen LogP contribution in [0.4, 0.5) is 0 Å². The first-order valence-electron chi connectivity index (χ1n) is 11.2. The standard InChI is InChI=1S/C24H29O9P/c1-23(2)28-19-18(27-22-21(20(19)29-23)30-24(3,4)31-22)15-26-34(25,32-16-11-7-5-8-12-16)33-17-13-9-6-10-14-17/h5-14,18-22H,15H2,1-4H3/t18-,19-,20+,21-,22-/m1/s1. The minimum atomic E-state index is -4.10. The molecule has 3 aliphatic heterocycles. The summed E-state index contributed by atoms with van der Waals surface area (Å²) in [5, 5.41) is 0. The number of benzene rings is 2. The highest BCUT2D eigenvalue weighted by atomic mass is 31.2. The molecule has 3 aliphatic rings. The molecule has 184 valence electrons. The third kappa shape index (κ3) is 5.16. The highest BCUT2D eigenvalue weighted by Crippen LogP contribution is 2.51. The van der Waals surface area contributed by atoms with Gasteiger partial charge in [-0.1, -0.05) is 36.4 Å². The van der Waals surface area contributed by atoms with Gasteiger partial charge in [-0.3, -0.25) is 4.52 Å². The number of hydrogen-bond donors (Lipinski definition) is 0. The minimum Gasteiger partial charge on any atom is -0.395 e. The van der Waals surface area contributed by atoms with E-state index in [9.17, 15) is 4.57 Å². The van der Waals surface area contributed by atoms with Crippen LogP contribution in [0, 0.1) is 0 Å². The molecule has 2 aromatic rings. The van der Waals surface area contributed by atoms with Crippen LogP contribution in [-0.2, 0) is 32.8 Å². The molecule has 0 aliphatic carbocycles. The zero-order valence-corrected chi connectivity index (χ0v) is 20.4. The van der Waals surface area contributed by atoms with Gasteiger partial charge in [0, 0.05) is 0 Å². The van der Waals surface area contributed by atoms with Gasteiger partial charge in [0.2, 0.25) is 0 Å². The Labute approximate surface area is 198 Å². The van der Waals surface area contributed by atoms with E-state index in [0.717, 1.165) is 0 Å². The highest BCUT2D eigenvalue weighted by molar-refractivity contribution is 7.49. The van der Waals surface area contributed by atoms with Gasteiger partial charge in [-0.25, -0.2) is 4.57 Å². The minimum absolute atomic E-state index is 0.148. The Kier molecular flexibility index (Phi) is 6.23. The van der Waals surface area contributed by atoms with Crippen molar-refractivity contribution < 1.29 is 41.8 Å². The maximum atomic E-state index is 13.7. The molecule has 0 aromatic heterocycles. The SMILES string of the molecule is CC1(C)O[C@H]2O[C@H](COP(=O)(Oc3ccccc3)Oc3ccccc3)[C@H]3OC(C)(C)O[C@@H]3[C@H]2O1. The van der Waals surface area contributed by atoms with Crippen LogP contribution in [0.3, 0.4) is 0 Å². The number of phosphoric ester groups is 1. The molecule has 0 N–H and O–H groups in total. The molecule has 3 heterocycles. The first kappa shape index (κ1) is 23.8. The molecule has 9 nitrogen and oxygen atoms in total. The van der Waals surface area contributed by atoms with E-state index in [0.29, 0.717) is 11.5 Å². The molecule has 5 rings (SSSR count). The van der Waals surface area contributed by atoms with E-state index < -0.39 is 50.1 Å². The summed E-state index contributed by atoms with van der Waals surface area (Å²) < 4.78 is 61.2. The molecular formula is C24H29O9P. The van der Waals surface area contributed by atoms with Crippen LogP contribution in [0.5, 0.6) is 11.5 Å². The van der Waals surface area contributed by atoms with E-state index >= 15 is 0 Å². The Morgan fingerprint density at radius 1 is 0.735 bits per heavy atom. The second-order valence-corrected chi connectivity index (χ2v) is 10.8. The van der Waals surface area contributed by atoms with Crippen LogP contribution < -0.4 is 9.05 Å². The van der Waals surface area contributed by atoms with Crippen LogP contribution in [-0.4, -0.2) is 48.9 Å². The van der Waals surface area contributed by atoms with E-state index in [2.05, 4.69) is 0 Å². The smallest absolute Gasteiger partial charge is 0.395 e. The van der Waals surface area contributed by atoms with E-state index in [1.807, 2.05) is 39.8 Å². The Morgan fingerprint density at radius 3 is 1.82 bits per heavy atom. The molecule has 2 aromatic carbocycles. The Morgan fingerprint density at radius 2 is 1.24 bits per heavy atom. The van der Waals surface area contributed by atoms with Gasteiger partial charge in [0.05, 0.1) is 6.61 Å². The van der Waals surface area contributed by atoms with E-state index in [1.165, 1.54) is 0 Å². The van der Waals surface area contributed by atoms with Crippen molar-refractivity contribution >= 4 is 7.82 Å². The number of phosphoric acid groups is 1. The number of fused-ring (bicyclic) bond motifs is 3. The van der Waals surface area contributed by atoms with Crippen LogP contribution in [0.2, 0.25) is 0 Å². The van der Waals surface area contributed by atoms with Crippen LogP contribution in [0.25, 0.3) is 0 Å². The predicted molar refractivity (Wildman–Crippen MR) is 120 cm³/mol. The lowest BCUT2D eigenvalue weighted by atomic mass is 9.99.